The summed E-state index contributed by atoms with van der Waals surface area (Å²) >= 11 is 3.37. The predicted molar refractivity (Wildman–Crippen MR) is 121 cm³/mol. The lowest BCUT2D eigenvalue weighted by Crippen LogP contribution is -2.30. The zero-order valence-electron chi connectivity index (χ0n) is 16.1. The fraction of sp³-hybridized carbons (Fsp3) is 0.0417. The summed E-state index contributed by atoms with van der Waals surface area (Å²) in [6.07, 6.45) is 0. The van der Waals surface area contributed by atoms with Gasteiger partial charge in [0.15, 0.2) is 0 Å². The highest BCUT2D eigenvalue weighted by atomic mass is 79.9. The quantitative estimate of drug-likeness (QED) is 0.250. The maximum atomic E-state index is 13.1. The molecule has 1 aliphatic rings. The Morgan fingerprint density at radius 3 is 2.32 bits per heavy atom. The fourth-order valence-electron chi connectivity index (χ4n) is 3.82. The monoisotopic (exact) mass is 473 g/mol. The standard InChI is InChI=1S/C24H16BrN3O3/c25-16-12-10-15(11-13-16)21(29)19-20(14-6-2-1-3-7-14)28(23(31)22(19)30)24-26-17-8-4-5-9-18(17)27-24/h1-13,20,29H,(H,26,27)/b21-19+. The molecule has 1 aromatic heterocycles. The number of aromatic amines is 1. The van der Waals surface area contributed by atoms with Crippen molar-refractivity contribution >= 4 is 50.4 Å². The third kappa shape index (κ3) is 3.23. The molecule has 1 fully saturated rings. The van der Waals surface area contributed by atoms with Gasteiger partial charge < -0.3 is 10.1 Å². The first-order valence-corrected chi connectivity index (χ1v) is 10.4. The summed E-state index contributed by atoms with van der Waals surface area (Å²) in [7, 11) is 0. The van der Waals surface area contributed by atoms with Crippen molar-refractivity contribution in [2.45, 2.75) is 6.04 Å². The Kier molecular flexibility index (Phi) is 4.67. The smallest absolute Gasteiger partial charge is 0.302 e. The van der Waals surface area contributed by atoms with Gasteiger partial charge in [-0.1, -0.05) is 70.5 Å². The van der Waals surface area contributed by atoms with E-state index in [0.29, 0.717) is 16.6 Å². The Balaban J connectivity index is 1.73. The molecule has 0 radical (unpaired) electrons. The number of fused-ring (bicyclic) bond motifs is 1. The highest BCUT2D eigenvalue weighted by Gasteiger charge is 2.48. The average Bonchev–Trinajstić information content (AvgIpc) is 3.33. The number of aromatic nitrogens is 2. The number of carbonyl (C=O) groups excluding carboxylic acids is 2. The molecule has 7 heteroatoms. The second-order valence-corrected chi connectivity index (χ2v) is 8.08. The van der Waals surface area contributed by atoms with Gasteiger partial charge in [0.2, 0.25) is 5.95 Å². The van der Waals surface area contributed by atoms with Gasteiger partial charge in [-0.25, -0.2) is 4.98 Å². The van der Waals surface area contributed by atoms with Crippen LogP contribution in [0.15, 0.2) is 88.9 Å². The number of anilines is 1. The minimum absolute atomic E-state index is 0.0268. The van der Waals surface area contributed by atoms with E-state index in [0.717, 1.165) is 9.99 Å². The number of hydrogen-bond acceptors (Lipinski definition) is 4. The molecule has 2 N–H and O–H groups in total. The number of ketones is 1. The van der Waals surface area contributed by atoms with Crippen molar-refractivity contribution in [1.29, 1.82) is 0 Å². The molecule has 1 aliphatic heterocycles. The van der Waals surface area contributed by atoms with Crippen LogP contribution in [0.4, 0.5) is 5.95 Å². The minimum atomic E-state index is -0.814. The zero-order chi connectivity index (χ0) is 21.5. The largest absolute Gasteiger partial charge is 0.507 e. The van der Waals surface area contributed by atoms with E-state index < -0.39 is 17.7 Å². The maximum Gasteiger partial charge on any atom is 0.302 e. The van der Waals surface area contributed by atoms with Gasteiger partial charge >= 0.3 is 5.91 Å². The molecule has 2 heterocycles. The van der Waals surface area contributed by atoms with E-state index in [9.17, 15) is 14.7 Å². The number of hydrogen-bond donors (Lipinski definition) is 2. The van der Waals surface area contributed by atoms with Crippen LogP contribution in [0.25, 0.3) is 16.8 Å². The highest BCUT2D eigenvalue weighted by molar-refractivity contribution is 9.10. The summed E-state index contributed by atoms with van der Waals surface area (Å²) in [6, 6.07) is 22.6. The summed E-state index contributed by atoms with van der Waals surface area (Å²) in [6.45, 7) is 0. The van der Waals surface area contributed by atoms with E-state index in [2.05, 4.69) is 25.9 Å². The zero-order valence-corrected chi connectivity index (χ0v) is 17.7. The van der Waals surface area contributed by atoms with E-state index in [1.165, 1.54) is 4.90 Å². The van der Waals surface area contributed by atoms with Crippen LogP contribution in [0.2, 0.25) is 0 Å². The van der Waals surface area contributed by atoms with Crippen molar-refractivity contribution in [2.24, 2.45) is 0 Å². The summed E-state index contributed by atoms with van der Waals surface area (Å²) in [5.41, 5.74) is 2.60. The van der Waals surface area contributed by atoms with Gasteiger partial charge in [0.1, 0.15) is 5.76 Å². The fourth-order valence-corrected chi connectivity index (χ4v) is 4.08. The Morgan fingerprint density at radius 1 is 0.935 bits per heavy atom. The predicted octanol–water partition coefficient (Wildman–Crippen LogP) is 4.95. The highest BCUT2D eigenvalue weighted by Crippen LogP contribution is 2.41. The van der Waals surface area contributed by atoms with E-state index in [1.54, 1.807) is 24.3 Å². The molecule has 1 amide bonds. The number of rotatable bonds is 3. The number of nitrogens with zero attached hydrogens (tertiary/aromatic N) is 2. The van der Waals surface area contributed by atoms with Gasteiger partial charge in [-0.05, 0) is 29.8 Å². The molecule has 1 saturated heterocycles. The number of halogens is 1. The number of aliphatic hydroxyl groups is 1. The first kappa shape index (κ1) is 19.3. The second kappa shape index (κ2) is 7.52. The van der Waals surface area contributed by atoms with E-state index in [-0.39, 0.29) is 17.3 Å². The van der Waals surface area contributed by atoms with E-state index in [1.807, 2.05) is 54.6 Å². The maximum absolute atomic E-state index is 13.1. The van der Waals surface area contributed by atoms with Gasteiger partial charge in [-0.2, -0.15) is 0 Å². The van der Waals surface area contributed by atoms with Crippen LogP contribution in [0.1, 0.15) is 17.2 Å². The Labute approximate surface area is 186 Å². The number of benzene rings is 3. The Bertz CT molecular complexity index is 1310. The summed E-state index contributed by atoms with van der Waals surface area (Å²) in [4.78, 5) is 35.2. The first-order chi connectivity index (χ1) is 15.0. The number of nitrogens with one attached hydrogen (secondary N) is 1. The summed E-state index contributed by atoms with van der Waals surface area (Å²) in [5, 5.41) is 11.1. The van der Waals surface area contributed by atoms with Crippen LogP contribution < -0.4 is 4.90 Å². The average molecular weight is 474 g/mol. The Hall–Kier alpha value is -3.71. The molecular weight excluding hydrogens is 458 g/mol. The number of H-pyrrole nitrogens is 1. The number of para-hydroxylation sites is 2. The van der Waals surface area contributed by atoms with E-state index in [4.69, 9.17) is 0 Å². The topological polar surface area (TPSA) is 86.3 Å². The third-order valence-electron chi connectivity index (χ3n) is 5.28. The molecule has 31 heavy (non-hydrogen) atoms. The van der Waals surface area contributed by atoms with Crippen molar-refractivity contribution in [2.75, 3.05) is 4.90 Å². The van der Waals surface area contributed by atoms with Gasteiger partial charge in [0, 0.05) is 10.0 Å². The van der Waals surface area contributed by atoms with Crippen molar-refractivity contribution < 1.29 is 14.7 Å². The van der Waals surface area contributed by atoms with Crippen molar-refractivity contribution in [3.63, 3.8) is 0 Å². The van der Waals surface area contributed by atoms with Crippen LogP contribution in [0, 0.1) is 0 Å². The molecule has 6 nitrogen and oxygen atoms in total. The van der Waals surface area contributed by atoms with E-state index >= 15 is 0 Å². The molecule has 0 spiro atoms. The number of amides is 1. The number of aliphatic hydroxyl groups excluding tert-OH is 1. The van der Waals surface area contributed by atoms with Crippen LogP contribution in [-0.4, -0.2) is 26.8 Å². The van der Waals surface area contributed by atoms with Gasteiger partial charge in [-0.3, -0.25) is 14.5 Å². The van der Waals surface area contributed by atoms with Crippen LogP contribution in [0.5, 0.6) is 0 Å². The molecule has 4 aromatic rings. The minimum Gasteiger partial charge on any atom is -0.507 e. The summed E-state index contributed by atoms with van der Waals surface area (Å²) in [5.74, 6) is -1.47. The molecule has 152 valence electrons. The molecule has 1 atom stereocenters. The molecule has 1 unspecified atom stereocenters. The van der Waals surface area contributed by atoms with Gasteiger partial charge in [0.25, 0.3) is 5.78 Å². The molecule has 0 bridgehead atoms. The number of imidazole rings is 1. The van der Waals surface area contributed by atoms with Crippen LogP contribution in [-0.2, 0) is 9.59 Å². The molecule has 5 rings (SSSR count). The SMILES string of the molecule is O=C1C(=O)N(c2nc3ccccc3[nH]2)C(c2ccccc2)/C1=C(\O)c1ccc(Br)cc1. The number of Topliss-reactive ketones (excluding diaryl/α,β-unsaturated/α-hetero) is 1. The van der Waals surface area contributed by atoms with Crippen LogP contribution in [0.3, 0.4) is 0 Å². The first-order valence-electron chi connectivity index (χ1n) is 9.61. The lowest BCUT2D eigenvalue weighted by Gasteiger charge is -2.23. The Morgan fingerprint density at radius 2 is 1.61 bits per heavy atom. The lowest BCUT2D eigenvalue weighted by atomic mass is 9.95. The molecular formula is C24H16BrN3O3. The summed E-state index contributed by atoms with van der Waals surface area (Å²) < 4.78 is 0.839. The lowest BCUT2D eigenvalue weighted by molar-refractivity contribution is -0.132. The van der Waals surface area contributed by atoms with Gasteiger partial charge in [0.05, 0.1) is 22.6 Å². The molecule has 0 saturated carbocycles. The van der Waals surface area contributed by atoms with Gasteiger partial charge in [-0.15, -0.1) is 0 Å². The second-order valence-electron chi connectivity index (χ2n) is 7.16. The third-order valence-corrected chi connectivity index (χ3v) is 5.81. The molecule has 3 aromatic carbocycles. The van der Waals surface area contributed by atoms with Crippen molar-refractivity contribution in [1.82, 2.24) is 9.97 Å². The number of carbonyl (C=O) groups is 2. The molecule has 0 aliphatic carbocycles. The van der Waals surface area contributed by atoms with Crippen LogP contribution >= 0.6 is 15.9 Å². The normalized spacial score (nSPS) is 18.1. The van der Waals surface area contributed by atoms with Crippen molar-refractivity contribution in [3.05, 3.63) is 100 Å². The van der Waals surface area contributed by atoms with Crippen molar-refractivity contribution in [3.8, 4) is 0 Å².